The van der Waals surface area contributed by atoms with Crippen molar-refractivity contribution in [3.8, 4) is 0 Å². The number of para-hydroxylation sites is 4. The van der Waals surface area contributed by atoms with E-state index in [2.05, 4.69) is 10.0 Å². The molecule has 0 aliphatic heterocycles. The number of aromatic nitrogens is 2. The molecule has 0 fully saturated rings. The molecular formula is C19H22N4O4S. The number of hydrogen-bond donors (Lipinski definition) is 2. The van der Waals surface area contributed by atoms with Gasteiger partial charge in [0.1, 0.15) is 0 Å². The summed E-state index contributed by atoms with van der Waals surface area (Å²) in [4.78, 5) is 25.0. The summed E-state index contributed by atoms with van der Waals surface area (Å²) >= 11 is 0. The van der Waals surface area contributed by atoms with Crippen LogP contribution in [0.1, 0.15) is 13.3 Å². The Balaban J connectivity index is 1.77. The fourth-order valence-electron chi connectivity index (χ4n) is 3.10. The van der Waals surface area contributed by atoms with Crippen molar-refractivity contribution in [2.45, 2.75) is 26.4 Å². The number of aryl methyl sites for hydroxylation is 2. The summed E-state index contributed by atoms with van der Waals surface area (Å²) in [6.07, 6.45) is 1.12. The average molecular weight is 402 g/mol. The number of imidazole rings is 1. The zero-order chi connectivity index (χ0) is 20.3. The molecule has 28 heavy (non-hydrogen) atoms. The summed E-state index contributed by atoms with van der Waals surface area (Å²) < 4.78 is 28.6. The molecule has 8 nitrogen and oxygen atoms in total. The van der Waals surface area contributed by atoms with Gasteiger partial charge in [0.05, 0.1) is 28.7 Å². The van der Waals surface area contributed by atoms with Crippen LogP contribution in [0.5, 0.6) is 0 Å². The molecule has 0 saturated heterocycles. The Morgan fingerprint density at radius 3 is 2.14 bits per heavy atom. The van der Waals surface area contributed by atoms with E-state index in [-0.39, 0.29) is 30.2 Å². The van der Waals surface area contributed by atoms with E-state index in [4.69, 9.17) is 0 Å². The predicted molar refractivity (Wildman–Crippen MR) is 110 cm³/mol. The molecule has 0 bridgehead atoms. The summed E-state index contributed by atoms with van der Waals surface area (Å²) in [5, 5.41) is 2.70. The van der Waals surface area contributed by atoms with Crippen LogP contribution in [0.15, 0.2) is 53.3 Å². The number of carbonyl (C=O) groups excluding carboxylic acids is 1. The highest BCUT2D eigenvalue weighted by molar-refractivity contribution is 7.92. The van der Waals surface area contributed by atoms with Gasteiger partial charge in [-0.2, -0.15) is 0 Å². The van der Waals surface area contributed by atoms with Crippen LogP contribution in [0.3, 0.4) is 0 Å². The lowest BCUT2D eigenvalue weighted by Gasteiger charge is -2.12. The molecule has 0 aliphatic rings. The van der Waals surface area contributed by atoms with Crippen molar-refractivity contribution in [2.24, 2.45) is 0 Å². The van der Waals surface area contributed by atoms with Crippen molar-refractivity contribution in [3.05, 3.63) is 59.0 Å². The minimum atomic E-state index is -3.47. The lowest BCUT2D eigenvalue weighted by molar-refractivity contribution is -0.116. The van der Waals surface area contributed by atoms with Crippen LogP contribution in [0, 0.1) is 0 Å². The van der Waals surface area contributed by atoms with Gasteiger partial charge in [0.15, 0.2) is 0 Å². The van der Waals surface area contributed by atoms with Gasteiger partial charge in [-0.1, -0.05) is 24.3 Å². The van der Waals surface area contributed by atoms with E-state index < -0.39 is 10.0 Å². The molecular weight excluding hydrogens is 380 g/mol. The second kappa shape index (κ2) is 7.89. The second-order valence-corrected chi connectivity index (χ2v) is 8.13. The maximum Gasteiger partial charge on any atom is 0.329 e. The Hall–Kier alpha value is -3.07. The molecule has 3 rings (SSSR count). The first-order chi connectivity index (χ1) is 13.3. The number of nitrogens with one attached hydrogen (secondary N) is 2. The molecule has 0 radical (unpaired) electrons. The minimum Gasteiger partial charge on any atom is -0.324 e. The summed E-state index contributed by atoms with van der Waals surface area (Å²) in [5.74, 6) is -0.317. The Morgan fingerprint density at radius 1 is 0.964 bits per heavy atom. The Morgan fingerprint density at radius 2 is 1.54 bits per heavy atom. The molecule has 0 aliphatic carbocycles. The molecule has 2 N–H and O–H groups in total. The molecule has 148 valence electrons. The maximum atomic E-state index is 12.6. The molecule has 0 unspecified atom stereocenters. The number of sulfonamides is 1. The highest BCUT2D eigenvalue weighted by atomic mass is 32.2. The normalized spacial score (nSPS) is 11.5. The van der Waals surface area contributed by atoms with E-state index in [0.29, 0.717) is 12.2 Å². The number of carbonyl (C=O) groups is 1. The second-order valence-electron chi connectivity index (χ2n) is 6.39. The number of nitrogens with zero attached hydrogens (tertiary/aromatic N) is 2. The molecule has 0 atom stereocenters. The van der Waals surface area contributed by atoms with Crippen molar-refractivity contribution in [2.75, 3.05) is 16.3 Å². The van der Waals surface area contributed by atoms with Crippen LogP contribution in [-0.2, 0) is 27.9 Å². The van der Waals surface area contributed by atoms with Crippen molar-refractivity contribution < 1.29 is 13.2 Å². The van der Waals surface area contributed by atoms with Crippen molar-refractivity contribution in [1.29, 1.82) is 0 Å². The summed E-state index contributed by atoms with van der Waals surface area (Å²) in [6.45, 7) is 2.67. The predicted octanol–water partition coefficient (Wildman–Crippen LogP) is 2.22. The molecule has 0 saturated carbocycles. The number of rotatable bonds is 7. The number of benzene rings is 2. The third-order valence-electron chi connectivity index (χ3n) is 4.30. The van der Waals surface area contributed by atoms with Crippen LogP contribution in [-0.4, -0.2) is 29.7 Å². The first-order valence-corrected chi connectivity index (χ1v) is 10.7. The fraction of sp³-hybridized carbons (Fsp3) is 0.263. The van der Waals surface area contributed by atoms with E-state index in [1.165, 1.54) is 0 Å². The summed E-state index contributed by atoms with van der Waals surface area (Å²) in [6, 6.07) is 14.0. The molecule has 0 spiro atoms. The van der Waals surface area contributed by atoms with Crippen molar-refractivity contribution >= 4 is 38.3 Å². The van der Waals surface area contributed by atoms with Crippen molar-refractivity contribution in [3.63, 3.8) is 0 Å². The van der Waals surface area contributed by atoms with E-state index in [0.717, 1.165) is 17.3 Å². The molecule has 1 amide bonds. The monoisotopic (exact) mass is 402 g/mol. The van der Waals surface area contributed by atoms with Gasteiger partial charge in [-0.15, -0.1) is 0 Å². The standard InChI is InChI=1S/C19H22N4O4S/c1-3-22-16-10-6-7-11-17(16)23(19(22)25)13-12-18(24)20-14-8-4-5-9-15(14)21-28(2,26)27/h4-11,21H,3,12-13H2,1-2H3,(H,20,24). The van der Waals surface area contributed by atoms with Gasteiger partial charge >= 0.3 is 5.69 Å². The largest absolute Gasteiger partial charge is 0.329 e. The fourth-order valence-corrected chi connectivity index (χ4v) is 3.68. The van der Waals surface area contributed by atoms with Gasteiger partial charge in [-0.3, -0.25) is 18.7 Å². The van der Waals surface area contributed by atoms with Gasteiger partial charge in [-0.25, -0.2) is 13.2 Å². The Bertz CT molecular complexity index is 1180. The van der Waals surface area contributed by atoms with Crippen LogP contribution >= 0.6 is 0 Å². The van der Waals surface area contributed by atoms with Crippen molar-refractivity contribution in [1.82, 2.24) is 9.13 Å². The first-order valence-electron chi connectivity index (χ1n) is 8.85. The smallest absolute Gasteiger partial charge is 0.324 e. The van der Waals surface area contributed by atoms with Crippen LogP contribution in [0.4, 0.5) is 11.4 Å². The lowest BCUT2D eigenvalue weighted by Crippen LogP contribution is -2.26. The van der Waals surface area contributed by atoms with Crippen LogP contribution in [0.25, 0.3) is 11.0 Å². The number of fused-ring (bicyclic) bond motifs is 1. The zero-order valence-electron chi connectivity index (χ0n) is 15.7. The van der Waals surface area contributed by atoms with E-state index in [1.807, 2.05) is 31.2 Å². The maximum absolute atomic E-state index is 12.6. The number of amides is 1. The highest BCUT2D eigenvalue weighted by Crippen LogP contribution is 2.22. The van der Waals surface area contributed by atoms with Crippen LogP contribution in [0.2, 0.25) is 0 Å². The van der Waals surface area contributed by atoms with Crippen LogP contribution < -0.4 is 15.7 Å². The number of hydrogen-bond acceptors (Lipinski definition) is 4. The van der Waals surface area contributed by atoms with Gasteiger partial charge in [0.2, 0.25) is 15.9 Å². The molecule has 3 aromatic rings. The first kappa shape index (κ1) is 19.7. The van der Waals surface area contributed by atoms with Gasteiger partial charge in [0, 0.05) is 19.5 Å². The van der Waals surface area contributed by atoms with E-state index >= 15 is 0 Å². The van der Waals surface area contributed by atoms with Gasteiger partial charge in [-0.05, 0) is 31.2 Å². The summed E-state index contributed by atoms with van der Waals surface area (Å²) in [5.41, 5.74) is 2.11. The SMILES string of the molecule is CCn1c(=O)n(CCC(=O)Nc2ccccc2NS(C)(=O)=O)c2ccccc21. The lowest BCUT2D eigenvalue weighted by atomic mass is 10.2. The van der Waals surface area contributed by atoms with E-state index in [9.17, 15) is 18.0 Å². The minimum absolute atomic E-state index is 0.0742. The highest BCUT2D eigenvalue weighted by Gasteiger charge is 2.14. The third kappa shape index (κ3) is 4.25. The topological polar surface area (TPSA) is 102 Å². The molecule has 9 heteroatoms. The molecule has 1 aromatic heterocycles. The Labute approximate surface area is 162 Å². The third-order valence-corrected chi connectivity index (χ3v) is 4.89. The Kier molecular flexibility index (Phi) is 5.55. The molecule has 2 aromatic carbocycles. The quantitative estimate of drug-likeness (QED) is 0.633. The molecule has 1 heterocycles. The number of anilines is 2. The van der Waals surface area contributed by atoms with Gasteiger partial charge < -0.3 is 5.32 Å². The summed E-state index contributed by atoms with van der Waals surface area (Å²) in [7, 11) is -3.47. The zero-order valence-corrected chi connectivity index (χ0v) is 16.5. The average Bonchev–Trinajstić information content (AvgIpc) is 2.91. The van der Waals surface area contributed by atoms with E-state index in [1.54, 1.807) is 33.4 Å². The van der Waals surface area contributed by atoms with Gasteiger partial charge in [0.25, 0.3) is 0 Å².